The van der Waals surface area contributed by atoms with Crippen molar-refractivity contribution in [3.63, 3.8) is 0 Å². The second kappa shape index (κ2) is 18.9. The molecular weight excluding hydrogens is 716 g/mol. The average molecular weight is 757 g/mol. The molecule has 0 bridgehead atoms. The predicted molar refractivity (Wildman–Crippen MR) is 169 cm³/mol. The lowest BCUT2D eigenvalue weighted by Gasteiger charge is -2.49. The Morgan fingerprint density at radius 2 is 1.08 bits per heavy atom. The first kappa shape index (κ1) is 42.0. The number of rotatable bonds is 14. The van der Waals surface area contributed by atoms with E-state index in [0.717, 1.165) is 60.6 Å². The lowest BCUT2D eigenvalue weighted by molar-refractivity contribution is -0.384. The average Bonchev–Trinajstić information content (AvgIpc) is 3.03. The molecule has 2 fully saturated rings. The predicted octanol–water partition coefficient (Wildman–Crippen LogP) is 0.166. The standard InChI is InChI=1S/C32H40N2O19/c1-14(35)33-25-28(47-18(5)39)26(23(12-44-15(2)36)51-31(25)50-22-10-8-21(9-11-22)34(42)43)53-32-30(49-20(7)41)29(48-19(6)40)27(46-17(4)38)24(52-32)13-45-16(3)37/h8-11,23-32H,12-13H2,1-7H3,(H,33,35)/t23-,24+,25-,26-,27-,28-,29-,30+,31-,32-/m1/s1. The van der Waals surface area contributed by atoms with Gasteiger partial charge in [0.1, 0.15) is 43.3 Å². The van der Waals surface area contributed by atoms with Crippen LogP contribution in [0.25, 0.3) is 0 Å². The zero-order valence-electron chi connectivity index (χ0n) is 29.7. The molecule has 1 aromatic carbocycles. The summed E-state index contributed by atoms with van der Waals surface area (Å²) in [5.41, 5.74) is -0.260. The second-order valence-electron chi connectivity index (χ2n) is 11.7. The molecule has 2 aliphatic rings. The molecular formula is C32H40N2O19. The van der Waals surface area contributed by atoms with Gasteiger partial charge in [0, 0.05) is 60.6 Å². The van der Waals surface area contributed by atoms with Gasteiger partial charge in [0.05, 0.1) is 4.92 Å². The van der Waals surface area contributed by atoms with E-state index in [2.05, 4.69) is 5.32 Å². The second-order valence-corrected chi connectivity index (χ2v) is 11.7. The molecule has 10 atom stereocenters. The molecule has 21 nitrogen and oxygen atoms in total. The maximum Gasteiger partial charge on any atom is 0.303 e. The zero-order chi connectivity index (χ0) is 39.6. The van der Waals surface area contributed by atoms with E-state index in [0.29, 0.717) is 0 Å². The number of nitro benzene ring substituents is 1. The highest BCUT2D eigenvalue weighted by molar-refractivity contribution is 5.73. The highest BCUT2D eigenvalue weighted by Gasteiger charge is 2.57. The minimum Gasteiger partial charge on any atom is -0.463 e. The van der Waals surface area contributed by atoms with Crippen LogP contribution in [0, 0.1) is 10.1 Å². The van der Waals surface area contributed by atoms with E-state index in [1.807, 2.05) is 0 Å². The molecule has 1 aromatic rings. The summed E-state index contributed by atoms with van der Waals surface area (Å²) in [6, 6.07) is 3.35. The van der Waals surface area contributed by atoms with E-state index < -0.39 is 121 Å². The van der Waals surface area contributed by atoms with Crippen LogP contribution in [-0.4, -0.2) is 121 Å². The summed E-state index contributed by atoms with van der Waals surface area (Å²) in [6.45, 7) is 6.22. The molecule has 0 aromatic heterocycles. The molecule has 1 amide bonds. The summed E-state index contributed by atoms with van der Waals surface area (Å²) in [4.78, 5) is 96.2. The fraction of sp³-hybridized carbons (Fsp3) is 0.594. The number of benzene rings is 1. The first-order valence-corrected chi connectivity index (χ1v) is 16.0. The van der Waals surface area contributed by atoms with Gasteiger partial charge in [-0.2, -0.15) is 0 Å². The third-order valence-corrected chi connectivity index (χ3v) is 7.31. The van der Waals surface area contributed by atoms with Crippen molar-refractivity contribution in [1.82, 2.24) is 5.32 Å². The van der Waals surface area contributed by atoms with E-state index in [1.165, 1.54) is 12.1 Å². The third kappa shape index (κ3) is 12.4. The number of nitrogens with zero attached hydrogens (tertiary/aromatic N) is 1. The number of amides is 1. The Labute approximate surface area is 301 Å². The van der Waals surface area contributed by atoms with Crippen molar-refractivity contribution in [2.45, 2.75) is 110 Å². The van der Waals surface area contributed by atoms with Gasteiger partial charge in [-0.3, -0.25) is 43.7 Å². The molecule has 0 saturated carbocycles. The minimum atomic E-state index is -1.83. The van der Waals surface area contributed by atoms with Crippen molar-refractivity contribution in [1.29, 1.82) is 0 Å². The number of nitro groups is 1. The Bertz CT molecular complexity index is 1530. The molecule has 292 valence electrons. The van der Waals surface area contributed by atoms with Gasteiger partial charge in [0.25, 0.3) is 5.69 Å². The molecule has 3 rings (SSSR count). The van der Waals surface area contributed by atoms with Crippen molar-refractivity contribution >= 4 is 47.4 Å². The molecule has 0 aliphatic carbocycles. The topological polar surface area (TPSA) is 267 Å². The van der Waals surface area contributed by atoms with Crippen LogP contribution < -0.4 is 10.1 Å². The van der Waals surface area contributed by atoms with Crippen LogP contribution in [0.5, 0.6) is 5.75 Å². The van der Waals surface area contributed by atoms with Crippen LogP contribution in [0.4, 0.5) is 5.69 Å². The van der Waals surface area contributed by atoms with Crippen LogP contribution in [0.2, 0.25) is 0 Å². The number of ether oxygens (including phenoxy) is 10. The van der Waals surface area contributed by atoms with Gasteiger partial charge in [-0.05, 0) is 12.1 Å². The van der Waals surface area contributed by atoms with E-state index in [-0.39, 0.29) is 11.4 Å². The third-order valence-electron chi connectivity index (χ3n) is 7.31. The summed E-state index contributed by atoms with van der Waals surface area (Å²) < 4.78 is 56.7. The lowest BCUT2D eigenvalue weighted by atomic mass is 9.94. The van der Waals surface area contributed by atoms with Gasteiger partial charge in [0.15, 0.2) is 30.7 Å². The number of carbonyl (C=O) groups is 7. The number of nitrogens with one attached hydrogen (secondary N) is 1. The minimum absolute atomic E-state index is 0.0164. The van der Waals surface area contributed by atoms with Crippen molar-refractivity contribution in [2.24, 2.45) is 0 Å². The summed E-state index contributed by atoms with van der Waals surface area (Å²) in [6.07, 6.45) is -14.3. The molecule has 1 N–H and O–H groups in total. The summed E-state index contributed by atoms with van der Waals surface area (Å²) >= 11 is 0. The Morgan fingerprint density at radius 1 is 0.623 bits per heavy atom. The first-order chi connectivity index (χ1) is 24.9. The normalized spacial score (nSPS) is 27.9. The highest BCUT2D eigenvalue weighted by Crippen LogP contribution is 2.35. The summed E-state index contributed by atoms with van der Waals surface area (Å²) in [5, 5.41) is 13.7. The van der Waals surface area contributed by atoms with Gasteiger partial charge >= 0.3 is 35.8 Å². The van der Waals surface area contributed by atoms with Crippen molar-refractivity contribution in [3.05, 3.63) is 34.4 Å². The van der Waals surface area contributed by atoms with Gasteiger partial charge in [-0.15, -0.1) is 0 Å². The Morgan fingerprint density at radius 3 is 1.55 bits per heavy atom. The van der Waals surface area contributed by atoms with Crippen molar-refractivity contribution in [2.75, 3.05) is 13.2 Å². The van der Waals surface area contributed by atoms with Crippen LogP contribution in [0.3, 0.4) is 0 Å². The van der Waals surface area contributed by atoms with Gasteiger partial charge in [-0.1, -0.05) is 0 Å². The molecule has 2 heterocycles. The summed E-state index contributed by atoms with van der Waals surface area (Å²) in [7, 11) is 0. The molecule has 53 heavy (non-hydrogen) atoms. The van der Waals surface area contributed by atoms with E-state index in [9.17, 15) is 43.7 Å². The number of esters is 6. The van der Waals surface area contributed by atoms with Gasteiger partial charge < -0.3 is 52.7 Å². The first-order valence-electron chi connectivity index (χ1n) is 16.0. The quantitative estimate of drug-likeness (QED) is 0.115. The smallest absolute Gasteiger partial charge is 0.303 e. The number of hydrogen-bond acceptors (Lipinski definition) is 19. The van der Waals surface area contributed by atoms with Crippen molar-refractivity contribution < 1.29 is 85.9 Å². The van der Waals surface area contributed by atoms with E-state index >= 15 is 0 Å². The summed E-state index contributed by atoms with van der Waals surface area (Å²) in [5.74, 6) is -5.83. The maximum absolute atomic E-state index is 12.6. The number of carbonyl (C=O) groups excluding carboxylic acids is 7. The SMILES string of the molecule is CC(=O)N[C@H]1[C@H](Oc2ccc([N+](=O)[O-])cc2)O[C@H](COC(C)=O)[C@@H](O[C@H]2O[C@@H](COC(C)=O)[C@@H](OC(C)=O)[C@@H](OC(C)=O)[C@@H]2OC(C)=O)[C@@H]1OC(C)=O. The molecule has 21 heteroatoms. The van der Waals surface area contributed by atoms with Gasteiger partial charge in [-0.25, -0.2) is 0 Å². The van der Waals surface area contributed by atoms with Crippen LogP contribution in [0.1, 0.15) is 48.5 Å². The molecule has 0 spiro atoms. The number of hydrogen-bond donors (Lipinski definition) is 1. The van der Waals surface area contributed by atoms with Gasteiger partial charge in [0.2, 0.25) is 12.2 Å². The van der Waals surface area contributed by atoms with Crippen LogP contribution >= 0.6 is 0 Å². The fourth-order valence-corrected chi connectivity index (χ4v) is 5.46. The Balaban J connectivity index is 2.16. The van der Waals surface area contributed by atoms with Crippen LogP contribution in [0.15, 0.2) is 24.3 Å². The Kier molecular flexibility index (Phi) is 15.0. The van der Waals surface area contributed by atoms with E-state index in [1.54, 1.807) is 0 Å². The monoisotopic (exact) mass is 756 g/mol. The van der Waals surface area contributed by atoms with E-state index in [4.69, 9.17) is 47.4 Å². The molecule has 0 unspecified atom stereocenters. The van der Waals surface area contributed by atoms with Crippen LogP contribution in [-0.2, 0) is 76.2 Å². The largest absolute Gasteiger partial charge is 0.463 e. The number of non-ortho nitro benzene ring substituents is 1. The molecule has 2 aliphatic heterocycles. The zero-order valence-corrected chi connectivity index (χ0v) is 29.7. The molecule has 2 saturated heterocycles. The molecule has 0 radical (unpaired) electrons. The van der Waals surface area contributed by atoms with Crippen molar-refractivity contribution in [3.8, 4) is 5.75 Å². The highest BCUT2D eigenvalue weighted by atomic mass is 16.8. The Hall–Kier alpha value is -5.41. The lowest BCUT2D eigenvalue weighted by Crippen LogP contribution is -2.69. The maximum atomic E-state index is 12.6. The fourth-order valence-electron chi connectivity index (χ4n) is 5.46.